The molecule has 0 radical (unpaired) electrons. The van der Waals surface area contributed by atoms with Gasteiger partial charge in [0.1, 0.15) is 5.76 Å². The normalized spacial score (nSPS) is 14.2. The molecule has 3 rings (SSSR count). The molecule has 0 saturated heterocycles. The van der Waals surface area contributed by atoms with Crippen LogP contribution in [0.2, 0.25) is 0 Å². The van der Waals surface area contributed by atoms with Gasteiger partial charge in [0.15, 0.2) is 11.5 Å². The summed E-state index contributed by atoms with van der Waals surface area (Å²) in [7, 11) is 5.30. The first-order valence-electron chi connectivity index (χ1n) is 10.0. The fraction of sp³-hybridized carbons (Fsp3) is 0.375. The molecular weight excluding hydrogens is 366 g/mol. The summed E-state index contributed by atoms with van der Waals surface area (Å²) in [5.41, 5.74) is 2.64. The molecule has 29 heavy (non-hydrogen) atoms. The van der Waals surface area contributed by atoms with Crippen molar-refractivity contribution in [1.29, 1.82) is 0 Å². The van der Waals surface area contributed by atoms with Crippen LogP contribution in [-0.2, 0) is 11.3 Å². The summed E-state index contributed by atoms with van der Waals surface area (Å²) in [6.07, 6.45) is 6.22. The first-order valence-corrected chi connectivity index (χ1v) is 10.0. The van der Waals surface area contributed by atoms with Crippen LogP contribution in [0.3, 0.4) is 0 Å². The third kappa shape index (κ3) is 5.39. The van der Waals surface area contributed by atoms with Crippen LogP contribution in [-0.4, -0.2) is 38.7 Å². The summed E-state index contributed by atoms with van der Waals surface area (Å²) in [6, 6.07) is 14.0. The topological polar surface area (TPSA) is 48.0 Å². The summed E-state index contributed by atoms with van der Waals surface area (Å²) < 4.78 is 16.1. The van der Waals surface area contributed by atoms with Gasteiger partial charge in [0.25, 0.3) is 0 Å². The minimum atomic E-state index is -0.338. The molecule has 0 N–H and O–H groups in total. The lowest BCUT2D eigenvalue weighted by Crippen LogP contribution is -2.18. The fourth-order valence-corrected chi connectivity index (χ4v) is 3.52. The number of hydrogen-bond donors (Lipinski definition) is 0. The van der Waals surface area contributed by atoms with Gasteiger partial charge < -0.3 is 19.1 Å². The number of rotatable bonds is 10. The van der Waals surface area contributed by atoms with Gasteiger partial charge in [-0.05, 0) is 56.6 Å². The molecule has 0 amide bonds. The van der Waals surface area contributed by atoms with Crippen molar-refractivity contribution < 1.29 is 19.0 Å². The number of esters is 1. The second kappa shape index (κ2) is 10.1. The summed E-state index contributed by atoms with van der Waals surface area (Å²) in [5, 5.41) is 0. The molecule has 0 spiro atoms. The Kier molecular flexibility index (Phi) is 7.30. The predicted octanol–water partition coefficient (Wildman–Crippen LogP) is 4.91. The summed E-state index contributed by atoms with van der Waals surface area (Å²) in [6.45, 7) is 2.04. The Labute approximate surface area is 172 Å². The van der Waals surface area contributed by atoms with Crippen molar-refractivity contribution in [3.63, 3.8) is 0 Å². The van der Waals surface area contributed by atoms with E-state index in [9.17, 15) is 4.79 Å². The molecule has 0 fully saturated rings. The smallest absolute Gasteiger partial charge is 0.344 e. The first kappa shape index (κ1) is 20.9. The summed E-state index contributed by atoms with van der Waals surface area (Å²) in [5.74, 6) is 1.41. The molecule has 0 aliphatic carbocycles. The molecule has 154 valence electrons. The van der Waals surface area contributed by atoms with Crippen LogP contribution >= 0.6 is 0 Å². The van der Waals surface area contributed by atoms with E-state index in [0.29, 0.717) is 22.8 Å². The van der Waals surface area contributed by atoms with E-state index in [1.54, 1.807) is 20.3 Å². The maximum Gasteiger partial charge on any atom is 0.344 e. The second-order valence-electron chi connectivity index (χ2n) is 7.28. The largest absolute Gasteiger partial charge is 0.493 e. The highest BCUT2D eigenvalue weighted by Crippen LogP contribution is 2.38. The number of carbonyl (C=O) groups excluding carboxylic acids is 1. The molecule has 1 aliphatic heterocycles. The van der Waals surface area contributed by atoms with Gasteiger partial charge >= 0.3 is 5.97 Å². The van der Waals surface area contributed by atoms with Crippen LogP contribution in [0.25, 0.3) is 5.76 Å². The SMILES string of the molecule is COc1cc2c(cc1OC)/C(=C\CCCCCN(C)Cc1ccccc1)OC2=O. The van der Waals surface area contributed by atoms with E-state index in [1.165, 1.54) is 5.56 Å². The molecule has 5 heteroatoms. The first-order chi connectivity index (χ1) is 14.1. The van der Waals surface area contributed by atoms with Crippen molar-refractivity contribution in [2.45, 2.75) is 32.2 Å². The average molecular weight is 395 g/mol. The Morgan fingerprint density at radius 1 is 0.966 bits per heavy atom. The minimum Gasteiger partial charge on any atom is -0.493 e. The van der Waals surface area contributed by atoms with Gasteiger partial charge in [0.2, 0.25) is 0 Å². The van der Waals surface area contributed by atoms with E-state index in [2.05, 4.69) is 36.2 Å². The third-order valence-corrected chi connectivity index (χ3v) is 5.08. The van der Waals surface area contributed by atoms with Gasteiger partial charge in [0.05, 0.1) is 19.8 Å². The molecular formula is C24H29NO4. The highest BCUT2D eigenvalue weighted by atomic mass is 16.5. The molecule has 0 saturated carbocycles. The Balaban J connectivity index is 1.46. The van der Waals surface area contributed by atoms with Crippen LogP contribution in [0.1, 0.15) is 47.2 Å². The molecule has 1 aliphatic rings. The van der Waals surface area contributed by atoms with E-state index in [1.807, 2.05) is 18.2 Å². The van der Waals surface area contributed by atoms with E-state index in [0.717, 1.165) is 44.3 Å². The number of fused-ring (bicyclic) bond motifs is 1. The monoisotopic (exact) mass is 395 g/mol. The Morgan fingerprint density at radius 2 is 1.66 bits per heavy atom. The third-order valence-electron chi connectivity index (χ3n) is 5.08. The minimum absolute atomic E-state index is 0.338. The van der Waals surface area contributed by atoms with Gasteiger partial charge in [-0.15, -0.1) is 0 Å². The highest BCUT2D eigenvalue weighted by molar-refractivity contribution is 6.03. The van der Waals surface area contributed by atoms with Crippen molar-refractivity contribution >= 4 is 11.7 Å². The zero-order valence-electron chi connectivity index (χ0n) is 17.4. The highest BCUT2D eigenvalue weighted by Gasteiger charge is 2.28. The van der Waals surface area contributed by atoms with Crippen molar-refractivity contribution in [2.75, 3.05) is 27.8 Å². The quantitative estimate of drug-likeness (QED) is 0.423. The molecule has 0 unspecified atom stereocenters. The van der Waals surface area contributed by atoms with Crippen LogP contribution < -0.4 is 9.47 Å². The van der Waals surface area contributed by atoms with Gasteiger partial charge in [-0.3, -0.25) is 0 Å². The lowest BCUT2D eigenvalue weighted by atomic mass is 10.1. The van der Waals surface area contributed by atoms with Crippen molar-refractivity contribution in [3.05, 3.63) is 65.2 Å². The zero-order chi connectivity index (χ0) is 20.6. The van der Waals surface area contributed by atoms with E-state index in [-0.39, 0.29) is 5.97 Å². The zero-order valence-corrected chi connectivity index (χ0v) is 17.4. The van der Waals surface area contributed by atoms with Crippen LogP contribution in [0.5, 0.6) is 11.5 Å². The van der Waals surface area contributed by atoms with Crippen LogP contribution in [0, 0.1) is 0 Å². The van der Waals surface area contributed by atoms with E-state index in [4.69, 9.17) is 14.2 Å². The number of benzene rings is 2. The number of unbranched alkanes of at least 4 members (excludes halogenated alkanes) is 3. The molecule has 2 aromatic carbocycles. The molecule has 5 nitrogen and oxygen atoms in total. The van der Waals surface area contributed by atoms with E-state index < -0.39 is 0 Å². The number of allylic oxidation sites excluding steroid dienone is 1. The predicted molar refractivity (Wildman–Crippen MR) is 114 cm³/mol. The van der Waals surface area contributed by atoms with E-state index >= 15 is 0 Å². The maximum atomic E-state index is 12.1. The number of carbonyl (C=O) groups is 1. The van der Waals surface area contributed by atoms with Crippen molar-refractivity contribution in [1.82, 2.24) is 4.90 Å². The summed E-state index contributed by atoms with van der Waals surface area (Å²) in [4.78, 5) is 14.5. The molecule has 2 aromatic rings. The van der Waals surface area contributed by atoms with Crippen molar-refractivity contribution in [3.8, 4) is 11.5 Å². The molecule has 1 heterocycles. The number of cyclic esters (lactones) is 1. The van der Waals surface area contributed by atoms with Gasteiger partial charge in [0, 0.05) is 12.1 Å². The molecule has 0 atom stereocenters. The fourth-order valence-electron chi connectivity index (χ4n) is 3.52. The Bertz CT molecular complexity index is 861. The number of hydrogen-bond acceptors (Lipinski definition) is 5. The number of methoxy groups -OCH3 is 2. The van der Waals surface area contributed by atoms with Crippen molar-refractivity contribution in [2.24, 2.45) is 0 Å². The van der Waals surface area contributed by atoms with Crippen LogP contribution in [0.15, 0.2) is 48.5 Å². The lowest BCUT2D eigenvalue weighted by molar-refractivity contribution is 0.0715. The standard InChI is InChI=1S/C24H29NO4/c1-25(17-18-11-7-6-8-12-18)14-10-5-4-9-13-21-19-15-22(27-2)23(28-3)16-20(19)24(26)29-21/h6-8,11-13,15-16H,4-5,9-10,14,17H2,1-3H3/b21-13+. The van der Waals surface area contributed by atoms with Crippen LogP contribution in [0.4, 0.5) is 0 Å². The molecule has 0 bridgehead atoms. The number of ether oxygens (including phenoxy) is 3. The Hall–Kier alpha value is -2.79. The lowest BCUT2D eigenvalue weighted by Gasteiger charge is -2.16. The Morgan fingerprint density at radius 3 is 2.34 bits per heavy atom. The average Bonchev–Trinajstić information content (AvgIpc) is 3.04. The van der Waals surface area contributed by atoms with Gasteiger partial charge in [-0.2, -0.15) is 0 Å². The number of nitrogens with zero attached hydrogens (tertiary/aromatic N) is 1. The maximum absolute atomic E-state index is 12.1. The summed E-state index contributed by atoms with van der Waals surface area (Å²) >= 11 is 0. The second-order valence-corrected chi connectivity index (χ2v) is 7.28. The van der Waals surface area contributed by atoms with Gasteiger partial charge in [-0.1, -0.05) is 36.8 Å². The molecule has 0 aromatic heterocycles. The van der Waals surface area contributed by atoms with Gasteiger partial charge in [-0.25, -0.2) is 4.79 Å².